The quantitative estimate of drug-likeness (QED) is 0.577. The average molecular weight is 316 g/mol. The molecule has 0 bridgehead atoms. The molecule has 0 heterocycles. The van der Waals surface area contributed by atoms with Gasteiger partial charge >= 0.3 is 0 Å². The van der Waals surface area contributed by atoms with E-state index in [-0.39, 0.29) is 5.91 Å². The second-order valence-corrected chi connectivity index (χ2v) is 5.95. The predicted octanol–water partition coefficient (Wildman–Crippen LogP) is 2.43. The van der Waals surface area contributed by atoms with Crippen molar-refractivity contribution in [3.05, 3.63) is 35.4 Å². The van der Waals surface area contributed by atoms with E-state index in [9.17, 15) is 4.79 Å². The third-order valence-corrected chi connectivity index (χ3v) is 4.13. The summed E-state index contributed by atoms with van der Waals surface area (Å²) in [4.78, 5) is 16.4. The van der Waals surface area contributed by atoms with Gasteiger partial charge in [-0.15, -0.1) is 0 Å². The molecule has 1 aliphatic rings. The van der Waals surface area contributed by atoms with Crippen molar-refractivity contribution in [2.45, 2.75) is 51.6 Å². The standard InChI is InChI=1S/C18H28N4O/c1-3-20-18(22-16-10-5-4-6-11-16)21-13-14-8-7-9-15(12-14)17(23)19-2/h7-9,12,16H,3-6,10-11,13H2,1-2H3,(H,19,23)(H2,20,21,22). The summed E-state index contributed by atoms with van der Waals surface area (Å²) in [6.07, 6.45) is 6.38. The van der Waals surface area contributed by atoms with Crippen LogP contribution in [0.4, 0.5) is 0 Å². The minimum absolute atomic E-state index is 0.0666. The zero-order valence-electron chi connectivity index (χ0n) is 14.2. The number of hydrogen-bond acceptors (Lipinski definition) is 2. The number of rotatable bonds is 5. The maximum Gasteiger partial charge on any atom is 0.251 e. The first-order chi connectivity index (χ1) is 11.2. The lowest BCUT2D eigenvalue weighted by atomic mass is 9.96. The minimum atomic E-state index is -0.0666. The Morgan fingerprint density at radius 2 is 2.04 bits per heavy atom. The van der Waals surface area contributed by atoms with Crippen LogP contribution in [-0.2, 0) is 6.54 Å². The van der Waals surface area contributed by atoms with Crippen molar-refractivity contribution in [3.63, 3.8) is 0 Å². The molecule has 126 valence electrons. The fraction of sp³-hybridized carbons (Fsp3) is 0.556. The van der Waals surface area contributed by atoms with E-state index >= 15 is 0 Å². The van der Waals surface area contributed by atoms with E-state index in [1.54, 1.807) is 7.05 Å². The first-order valence-electron chi connectivity index (χ1n) is 8.58. The highest BCUT2D eigenvalue weighted by Gasteiger charge is 2.14. The molecule has 0 unspecified atom stereocenters. The number of nitrogens with one attached hydrogen (secondary N) is 3. The van der Waals surface area contributed by atoms with Gasteiger partial charge in [-0.2, -0.15) is 0 Å². The van der Waals surface area contributed by atoms with E-state index in [1.807, 2.05) is 24.3 Å². The topological polar surface area (TPSA) is 65.5 Å². The van der Waals surface area contributed by atoms with Gasteiger partial charge in [-0.05, 0) is 37.5 Å². The molecule has 3 N–H and O–H groups in total. The van der Waals surface area contributed by atoms with Crippen molar-refractivity contribution in [1.29, 1.82) is 0 Å². The van der Waals surface area contributed by atoms with E-state index in [0.717, 1.165) is 18.1 Å². The lowest BCUT2D eigenvalue weighted by Crippen LogP contribution is -2.44. The Balaban J connectivity index is 2.00. The maximum absolute atomic E-state index is 11.7. The van der Waals surface area contributed by atoms with E-state index < -0.39 is 0 Å². The summed E-state index contributed by atoms with van der Waals surface area (Å²) < 4.78 is 0. The molecule has 5 heteroatoms. The second kappa shape index (κ2) is 9.18. The Morgan fingerprint density at radius 3 is 2.74 bits per heavy atom. The summed E-state index contributed by atoms with van der Waals surface area (Å²) in [5.74, 6) is 0.799. The molecule has 0 radical (unpaired) electrons. The van der Waals surface area contributed by atoms with Crippen LogP contribution >= 0.6 is 0 Å². The number of carbonyl (C=O) groups excluding carboxylic acids is 1. The summed E-state index contributed by atoms with van der Waals surface area (Å²) in [5.41, 5.74) is 1.71. The molecule has 1 aromatic rings. The fourth-order valence-corrected chi connectivity index (χ4v) is 2.89. The highest BCUT2D eigenvalue weighted by Crippen LogP contribution is 2.17. The van der Waals surface area contributed by atoms with Crippen LogP contribution in [0.2, 0.25) is 0 Å². The van der Waals surface area contributed by atoms with Gasteiger partial charge in [-0.1, -0.05) is 31.4 Å². The number of aliphatic imine (C=N–C) groups is 1. The van der Waals surface area contributed by atoms with Crippen molar-refractivity contribution < 1.29 is 4.79 Å². The molecule has 1 saturated carbocycles. The SMILES string of the molecule is CCNC(=NCc1cccc(C(=O)NC)c1)NC1CCCCC1. The van der Waals surface area contributed by atoms with Crippen LogP contribution < -0.4 is 16.0 Å². The van der Waals surface area contributed by atoms with Gasteiger partial charge in [0, 0.05) is 25.2 Å². The molecule has 1 aromatic carbocycles. The van der Waals surface area contributed by atoms with Gasteiger partial charge in [0.2, 0.25) is 0 Å². The molecule has 2 rings (SSSR count). The first-order valence-corrected chi connectivity index (χ1v) is 8.58. The monoisotopic (exact) mass is 316 g/mol. The summed E-state index contributed by atoms with van der Waals surface area (Å²) in [5, 5.41) is 9.49. The summed E-state index contributed by atoms with van der Waals surface area (Å²) >= 11 is 0. The van der Waals surface area contributed by atoms with Crippen molar-refractivity contribution in [1.82, 2.24) is 16.0 Å². The van der Waals surface area contributed by atoms with Crippen molar-refractivity contribution in [2.24, 2.45) is 4.99 Å². The van der Waals surface area contributed by atoms with Gasteiger partial charge in [0.05, 0.1) is 6.54 Å². The van der Waals surface area contributed by atoms with Crippen LogP contribution in [0.3, 0.4) is 0 Å². The molecule has 1 fully saturated rings. The number of carbonyl (C=O) groups is 1. The lowest BCUT2D eigenvalue weighted by molar-refractivity contribution is 0.0963. The minimum Gasteiger partial charge on any atom is -0.357 e. The molecule has 1 aliphatic carbocycles. The molecule has 0 saturated heterocycles. The van der Waals surface area contributed by atoms with Crippen molar-refractivity contribution >= 4 is 11.9 Å². The first kappa shape index (κ1) is 17.3. The molecule has 0 spiro atoms. The second-order valence-electron chi connectivity index (χ2n) is 5.95. The predicted molar refractivity (Wildman–Crippen MR) is 94.7 cm³/mol. The molecule has 0 aromatic heterocycles. The fourth-order valence-electron chi connectivity index (χ4n) is 2.89. The van der Waals surface area contributed by atoms with E-state index in [1.165, 1.54) is 32.1 Å². The molecule has 0 aliphatic heterocycles. The Kier molecular flexibility index (Phi) is 6.91. The van der Waals surface area contributed by atoms with Crippen LogP contribution in [-0.4, -0.2) is 31.5 Å². The average Bonchev–Trinajstić information content (AvgIpc) is 2.60. The van der Waals surface area contributed by atoms with Crippen LogP contribution in [0, 0.1) is 0 Å². The van der Waals surface area contributed by atoms with Gasteiger partial charge in [0.15, 0.2) is 5.96 Å². The van der Waals surface area contributed by atoms with Crippen LogP contribution in [0.25, 0.3) is 0 Å². The summed E-state index contributed by atoms with van der Waals surface area (Å²) in [7, 11) is 1.64. The number of hydrogen-bond donors (Lipinski definition) is 3. The van der Waals surface area contributed by atoms with Gasteiger partial charge in [-0.3, -0.25) is 4.79 Å². The number of nitrogens with zero attached hydrogens (tertiary/aromatic N) is 1. The Labute approximate surface area is 139 Å². The summed E-state index contributed by atoms with van der Waals surface area (Å²) in [6, 6.07) is 8.14. The Hall–Kier alpha value is -2.04. The van der Waals surface area contributed by atoms with Crippen LogP contribution in [0.15, 0.2) is 29.3 Å². The molecule has 0 atom stereocenters. The Bertz CT molecular complexity index is 536. The molecule has 23 heavy (non-hydrogen) atoms. The third kappa shape index (κ3) is 5.58. The number of benzene rings is 1. The third-order valence-electron chi connectivity index (χ3n) is 4.13. The van der Waals surface area contributed by atoms with Gasteiger partial charge in [0.1, 0.15) is 0 Å². The highest BCUT2D eigenvalue weighted by atomic mass is 16.1. The summed E-state index contributed by atoms with van der Waals surface area (Å²) in [6.45, 7) is 3.48. The molecule has 1 amide bonds. The maximum atomic E-state index is 11.7. The van der Waals surface area contributed by atoms with Crippen LogP contribution in [0.5, 0.6) is 0 Å². The highest BCUT2D eigenvalue weighted by molar-refractivity contribution is 5.94. The van der Waals surface area contributed by atoms with Crippen LogP contribution in [0.1, 0.15) is 54.9 Å². The molecular formula is C18H28N4O. The van der Waals surface area contributed by atoms with Gasteiger partial charge in [-0.25, -0.2) is 4.99 Å². The van der Waals surface area contributed by atoms with E-state index in [0.29, 0.717) is 18.2 Å². The van der Waals surface area contributed by atoms with Gasteiger partial charge < -0.3 is 16.0 Å². The lowest BCUT2D eigenvalue weighted by Gasteiger charge is -2.24. The molecular weight excluding hydrogens is 288 g/mol. The normalized spacial score (nSPS) is 16.0. The zero-order chi connectivity index (χ0) is 16.5. The number of guanidine groups is 1. The number of amides is 1. The Morgan fingerprint density at radius 1 is 1.26 bits per heavy atom. The zero-order valence-corrected chi connectivity index (χ0v) is 14.2. The molecule has 5 nitrogen and oxygen atoms in total. The van der Waals surface area contributed by atoms with E-state index in [2.05, 4.69) is 27.9 Å². The van der Waals surface area contributed by atoms with Crippen molar-refractivity contribution in [3.8, 4) is 0 Å². The van der Waals surface area contributed by atoms with E-state index in [4.69, 9.17) is 0 Å². The smallest absolute Gasteiger partial charge is 0.251 e. The van der Waals surface area contributed by atoms with Crippen molar-refractivity contribution in [2.75, 3.05) is 13.6 Å². The largest absolute Gasteiger partial charge is 0.357 e. The van der Waals surface area contributed by atoms with Gasteiger partial charge in [0.25, 0.3) is 5.91 Å².